The van der Waals surface area contributed by atoms with Crippen LogP contribution in [0.15, 0.2) is 42.9 Å². The summed E-state index contributed by atoms with van der Waals surface area (Å²) < 4.78 is 2.12. The Kier molecular flexibility index (Phi) is 3.25. The summed E-state index contributed by atoms with van der Waals surface area (Å²) in [6.45, 7) is 4.21. The molecule has 1 saturated heterocycles. The molecular weight excluding hydrogens is 274 g/mol. The molecule has 0 radical (unpaired) electrons. The molecule has 0 bridgehead atoms. The van der Waals surface area contributed by atoms with E-state index in [2.05, 4.69) is 43.7 Å². The second kappa shape index (κ2) is 5.40. The molecular formula is C17H19N5. The summed E-state index contributed by atoms with van der Waals surface area (Å²) in [6, 6.07) is 8.15. The minimum absolute atomic E-state index is 0.415. The number of aryl methyl sites for hydroxylation is 1. The molecule has 3 aromatic rings. The van der Waals surface area contributed by atoms with Crippen molar-refractivity contribution in [1.82, 2.24) is 19.6 Å². The first kappa shape index (κ1) is 13.2. The average Bonchev–Trinajstić information content (AvgIpc) is 2.99. The fourth-order valence-electron chi connectivity index (χ4n) is 3.37. The van der Waals surface area contributed by atoms with Crippen LogP contribution in [0.4, 0.5) is 5.69 Å². The zero-order chi connectivity index (χ0) is 14.9. The van der Waals surface area contributed by atoms with E-state index in [-0.39, 0.29) is 0 Å². The number of aromatic nitrogens is 4. The largest absolute Gasteiger partial charge is 0.370 e. The van der Waals surface area contributed by atoms with Crippen molar-refractivity contribution in [2.75, 3.05) is 18.0 Å². The summed E-state index contributed by atoms with van der Waals surface area (Å²) in [5, 5.41) is 8.74. The van der Waals surface area contributed by atoms with Gasteiger partial charge in [-0.2, -0.15) is 0 Å². The minimum atomic E-state index is 0.415. The Hall–Kier alpha value is -2.43. The molecule has 0 N–H and O–H groups in total. The normalized spacial score (nSPS) is 18.8. The number of pyridine rings is 2. The summed E-state index contributed by atoms with van der Waals surface area (Å²) in [6.07, 6.45) is 8.20. The van der Waals surface area contributed by atoms with E-state index in [9.17, 15) is 0 Å². The molecule has 1 fully saturated rings. The highest BCUT2D eigenvalue weighted by atomic mass is 15.3. The molecule has 1 aliphatic rings. The highest BCUT2D eigenvalue weighted by molar-refractivity contribution is 5.52. The monoisotopic (exact) mass is 293 g/mol. The summed E-state index contributed by atoms with van der Waals surface area (Å²) in [4.78, 5) is 6.65. The number of hydrogen-bond acceptors (Lipinski definition) is 4. The van der Waals surface area contributed by atoms with Gasteiger partial charge >= 0.3 is 0 Å². The maximum absolute atomic E-state index is 4.44. The van der Waals surface area contributed by atoms with E-state index in [0.717, 1.165) is 31.0 Å². The summed E-state index contributed by atoms with van der Waals surface area (Å²) in [5.41, 5.74) is 3.44. The lowest BCUT2D eigenvalue weighted by Gasteiger charge is -2.34. The van der Waals surface area contributed by atoms with Crippen molar-refractivity contribution in [3.8, 4) is 0 Å². The van der Waals surface area contributed by atoms with Crippen LogP contribution in [0.25, 0.3) is 5.65 Å². The van der Waals surface area contributed by atoms with E-state index in [0.29, 0.717) is 5.92 Å². The number of piperidine rings is 1. The van der Waals surface area contributed by atoms with Crippen LogP contribution in [0.2, 0.25) is 0 Å². The van der Waals surface area contributed by atoms with Crippen LogP contribution >= 0.6 is 0 Å². The van der Waals surface area contributed by atoms with Gasteiger partial charge in [-0.3, -0.25) is 9.38 Å². The van der Waals surface area contributed by atoms with Gasteiger partial charge in [-0.1, -0.05) is 6.07 Å². The van der Waals surface area contributed by atoms with E-state index < -0.39 is 0 Å². The van der Waals surface area contributed by atoms with Crippen molar-refractivity contribution in [3.05, 3.63) is 54.2 Å². The summed E-state index contributed by atoms with van der Waals surface area (Å²) in [5.74, 6) is 1.49. The van der Waals surface area contributed by atoms with Gasteiger partial charge in [-0.25, -0.2) is 0 Å². The van der Waals surface area contributed by atoms with Gasteiger partial charge in [0.15, 0.2) is 5.65 Å². The highest BCUT2D eigenvalue weighted by Gasteiger charge is 2.25. The van der Waals surface area contributed by atoms with Gasteiger partial charge in [0.25, 0.3) is 0 Å². The van der Waals surface area contributed by atoms with Gasteiger partial charge in [-0.15, -0.1) is 10.2 Å². The molecule has 112 valence electrons. The quantitative estimate of drug-likeness (QED) is 0.729. The first-order chi connectivity index (χ1) is 10.8. The number of anilines is 1. The Morgan fingerprint density at radius 3 is 3.05 bits per heavy atom. The van der Waals surface area contributed by atoms with E-state index in [1.54, 1.807) is 0 Å². The molecule has 1 unspecified atom stereocenters. The number of nitrogens with zero attached hydrogens (tertiary/aromatic N) is 5. The predicted octanol–water partition coefficient (Wildman–Crippen LogP) is 2.82. The second-order valence-electron chi connectivity index (χ2n) is 5.93. The Morgan fingerprint density at radius 1 is 1.18 bits per heavy atom. The van der Waals surface area contributed by atoms with Crippen LogP contribution < -0.4 is 4.90 Å². The molecule has 22 heavy (non-hydrogen) atoms. The zero-order valence-electron chi connectivity index (χ0n) is 12.7. The zero-order valence-corrected chi connectivity index (χ0v) is 12.7. The van der Waals surface area contributed by atoms with Crippen molar-refractivity contribution < 1.29 is 0 Å². The maximum Gasteiger partial charge on any atom is 0.160 e. The first-order valence-corrected chi connectivity index (χ1v) is 7.78. The van der Waals surface area contributed by atoms with E-state index >= 15 is 0 Å². The smallest absolute Gasteiger partial charge is 0.160 e. The van der Waals surface area contributed by atoms with Crippen LogP contribution in [-0.2, 0) is 0 Å². The maximum atomic E-state index is 4.44. The third-order valence-electron chi connectivity index (χ3n) is 4.46. The standard InChI is InChI=1S/C17H19N5/c1-13-11-18-8-7-15(13)21-9-4-5-14(12-21)17-20-19-16-6-2-3-10-22(16)17/h2-3,6-8,10-11,14H,4-5,9,12H2,1H3. The van der Waals surface area contributed by atoms with Crippen molar-refractivity contribution >= 4 is 11.3 Å². The molecule has 0 saturated carbocycles. The summed E-state index contributed by atoms with van der Waals surface area (Å²) >= 11 is 0. The van der Waals surface area contributed by atoms with Crippen molar-refractivity contribution in [2.45, 2.75) is 25.7 Å². The number of hydrogen-bond donors (Lipinski definition) is 0. The first-order valence-electron chi connectivity index (χ1n) is 7.78. The molecule has 0 spiro atoms. The second-order valence-corrected chi connectivity index (χ2v) is 5.93. The van der Waals surface area contributed by atoms with Gasteiger partial charge in [0.05, 0.1) is 0 Å². The molecule has 1 aliphatic heterocycles. The molecule has 4 rings (SSSR count). The Bertz CT molecular complexity index is 794. The van der Waals surface area contributed by atoms with Gasteiger partial charge in [0.2, 0.25) is 0 Å². The fraction of sp³-hybridized carbons (Fsp3) is 0.353. The van der Waals surface area contributed by atoms with Crippen LogP contribution in [0.5, 0.6) is 0 Å². The SMILES string of the molecule is Cc1cnccc1N1CCCC(c2nnc3ccccn23)C1. The third kappa shape index (κ3) is 2.22. The summed E-state index contributed by atoms with van der Waals surface area (Å²) in [7, 11) is 0. The molecule has 5 nitrogen and oxygen atoms in total. The average molecular weight is 293 g/mol. The predicted molar refractivity (Wildman–Crippen MR) is 86.1 cm³/mol. The lowest BCUT2D eigenvalue weighted by Crippen LogP contribution is -2.35. The Morgan fingerprint density at radius 2 is 2.14 bits per heavy atom. The third-order valence-corrected chi connectivity index (χ3v) is 4.46. The lowest BCUT2D eigenvalue weighted by atomic mass is 9.96. The molecule has 4 heterocycles. The van der Waals surface area contributed by atoms with E-state index in [4.69, 9.17) is 0 Å². The van der Waals surface area contributed by atoms with Gasteiger partial charge < -0.3 is 4.90 Å². The van der Waals surface area contributed by atoms with Crippen molar-refractivity contribution in [2.24, 2.45) is 0 Å². The Labute approximate surface area is 129 Å². The van der Waals surface area contributed by atoms with E-state index in [1.165, 1.54) is 17.7 Å². The topological polar surface area (TPSA) is 46.3 Å². The van der Waals surface area contributed by atoms with Gasteiger partial charge in [0.1, 0.15) is 5.82 Å². The van der Waals surface area contributed by atoms with Gasteiger partial charge in [0, 0.05) is 43.3 Å². The minimum Gasteiger partial charge on any atom is -0.370 e. The van der Waals surface area contributed by atoms with Crippen LogP contribution in [0, 0.1) is 6.92 Å². The molecule has 0 aliphatic carbocycles. The number of fused-ring (bicyclic) bond motifs is 1. The van der Waals surface area contributed by atoms with Crippen LogP contribution in [-0.4, -0.2) is 32.7 Å². The molecule has 0 amide bonds. The molecule has 5 heteroatoms. The van der Waals surface area contributed by atoms with Gasteiger partial charge in [-0.05, 0) is 43.5 Å². The Balaban J connectivity index is 1.65. The van der Waals surface area contributed by atoms with E-state index in [1.807, 2.05) is 30.6 Å². The van der Waals surface area contributed by atoms with Crippen LogP contribution in [0.1, 0.15) is 30.1 Å². The molecule has 1 atom stereocenters. The molecule has 3 aromatic heterocycles. The fourth-order valence-corrected chi connectivity index (χ4v) is 3.37. The van der Waals surface area contributed by atoms with Crippen molar-refractivity contribution in [1.29, 1.82) is 0 Å². The van der Waals surface area contributed by atoms with Crippen molar-refractivity contribution in [3.63, 3.8) is 0 Å². The molecule has 0 aromatic carbocycles. The lowest BCUT2D eigenvalue weighted by molar-refractivity contribution is 0.488. The number of rotatable bonds is 2. The highest BCUT2D eigenvalue weighted by Crippen LogP contribution is 2.30. The van der Waals surface area contributed by atoms with Crippen LogP contribution in [0.3, 0.4) is 0 Å².